The van der Waals surface area contributed by atoms with Gasteiger partial charge in [0.1, 0.15) is 5.75 Å². The Kier molecular flexibility index (Phi) is 8.80. The van der Waals surface area contributed by atoms with E-state index < -0.39 is 22.2 Å². The fraction of sp³-hybridized carbons (Fsp3) is 0.667. The average Bonchev–Trinajstić information content (AvgIpc) is 3.38. The summed E-state index contributed by atoms with van der Waals surface area (Å²) < 4.78 is 64.6. The number of piperidine rings is 1. The minimum absolute atomic E-state index is 0.0406. The number of rotatable bonds is 6. The SMILES string of the molecule is CCC(C)CN1C[C@H]2C(=O)NC3(CCN(S(=O)(=O)c4ccc(OC)cc4)CC3)[C@H]2C1.O=C(O)C(F)(F)F. The Morgan fingerprint density at radius 1 is 1.22 bits per heavy atom. The van der Waals surface area contributed by atoms with Crippen LogP contribution in [0.3, 0.4) is 0 Å². The summed E-state index contributed by atoms with van der Waals surface area (Å²) in [4.78, 5) is 24.3. The molecule has 2 N–H and O–H groups in total. The van der Waals surface area contributed by atoms with E-state index in [-0.39, 0.29) is 28.2 Å². The van der Waals surface area contributed by atoms with Crippen LogP contribution in [0.1, 0.15) is 33.1 Å². The van der Waals surface area contributed by atoms with Gasteiger partial charge in [-0.25, -0.2) is 13.2 Å². The van der Waals surface area contributed by atoms with Gasteiger partial charge in [0, 0.05) is 44.2 Å². The number of methoxy groups -OCH3 is 1. The van der Waals surface area contributed by atoms with E-state index in [1.54, 1.807) is 35.7 Å². The Morgan fingerprint density at radius 3 is 2.27 bits per heavy atom. The number of sulfonamides is 1. The number of nitrogens with zero attached hydrogens (tertiary/aromatic N) is 2. The standard InChI is InChI=1S/C22H33N3O4S.C2HF3O2/c1-4-16(2)13-24-14-19-20(15-24)22(23-21(19)26)9-11-25(12-10-22)30(27,28)18-7-5-17(29-3)6-8-18;3-2(4,5)1(6)7/h5-8,16,19-20H,4,9-15H2,1-3H3,(H,23,26);(H,6,7)/t16?,19-,20+;/m1./s1. The summed E-state index contributed by atoms with van der Waals surface area (Å²) >= 11 is 0. The third kappa shape index (κ3) is 6.37. The number of fused-ring (bicyclic) bond motifs is 2. The van der Waals surface area contributed by atoms with Crippen LogP contribution in [0.25, 0.3) is 0 Å². The van der Waals surface area contributed by atoms with Gasteiger partial charge >= 0.3 is 12.1 Å². The summed E-state index contributed by atoms with van der Waals surface area (Å²) in [5.41, 5.74) is -0.266. The number of hydrogen-bond acceptors (Lipinski definition) is 6. The first kappa shape index (κ1) is 29.2. The van der Waals surface area contributed by atoms with Gasteiger partial charge in [-0.3, -0.25) is 4.79 Å². The molecule has 3 atom stereocenters. The second-order valence-electron chi connectivity index (χ2n) is 9.97. The van der Waals surface area contributed by atoms with E-state index in [0.717, 1.165) is 26.1 Å². The molecule has 3 aliphatic heterocycles. The van der Waals surface area contributed by atoms with Gasteiger partial charge in [-0.2, -0.15) is 17.5 Å². The van der Waals surface area contributed by atoms with Crippen LogP contribution in [0.4, 0.5) is 13.2 Å². The average molecular weight is 550 g/mol. The maximum absolute atomic E-state index is 13.1. The molecule has 3 saturated heterocycles. The highest BCUT2D eigenvalue weighted by Crippen LogP contribution is 2.44. The van der Waals surface area contributed by atoms with Crippen LogP contribution in [0.15, 0.2) is 29.2 Å². The van der Waals surface area contributed by atoms with Gasteiger partial charge in [-0.05, 0) is 43.0 Å². The topological polar surface area (TPSA) is 116 Å². The second-order valence-corrected chi connectivity index (χ2v) is 11.9. The lowest BCUT2D eigenvalue weighted by Crippen LogP contribution is -2.56. The highest BCUT2D eigenvalue weighted by molar-refractivity contribution is 7.89. The Morgan fingerprint density at radius 2 is 1.78 bits per heavy atom. The molecule has 0 saturated carbocycles. The third-order valence-electron chi connectivity index (χ3n) is 7.64. The van der Waals surface area contributed by atoms with E-state index in [0.29, 0.717) is 37.6 Å². The monoisotopic (exact) mass is 549 g/mol. The quantitative estimate of drug-likeness (QED) is 0.560. The molecule has 0 bridgehead atoms. The van der Waals surface area contributed by atoms with E-state index in [1.165, 1.54) is 0 Å². The summed E-state index contributed by atoms with van der Waals surface area (Å²) in [6.07, 6.45) is -2.60. The van der Waals surface area contributed by atoms with E-state index in [9.17, 15) is 26.4 Å². The first-order valence-corrected chi connectivity index (χ1v) is 13.7. The molecule has 1 amide bonds. The summed E-state index contributed by atoms with van der Waals surface area (Å²) in [5, 5.41) is 10.4. The van der Waals surface area contributed by atoms with Crippen LogP contribution in [0.5, 0.6) is 5.75 Å². The molecule has 1 aromatic carbocycles. The van der Waals surface area contributed by atoms with Crippen molar-refractivity contribution in [3.8, 4) is 5.75 Å². The Balaban J connectivity index is 0.000000479. The van der Waals surface area contributed by atoms with Crippen LogP contribution in [-0.4, -0.2) is 86.2 Å². The zero-order valence-electron chi connectivity index (χ0n) is 21.1. The zero-order chi connectivity index (χ0) is 27.6. The summed E-state index contributed by atoms with van der Waals surface area (Å²) in [6.45, 7) is 8.12. The predicted octanol–water partition coefficient (Wildman–Crippen LogP) is 2.58. The maximum Gasteiger partial charge on any atom is 0.490 e. The largest absolute Gasteiger partial charge is 0.497 e. The van der Waals surface area contributed by atoms with Crippen molar-refractivity contribution in [2.45, 2.75) is 49.7 Å². The molecule has 3 aliphatic rings. The molecule has 1 aromatic rings. The molecule has 208 valence electrons. The highest BCUT2D eigenvalue weighted by Gasteiger charge is 2.57. The molecular weight excluding hydrogens is 515 g/mol. The number of carboxylic acid groups (broad SMARTS) is 1. The van der Waals surface area contributed by atoms with E-state index in [2.05, 4.69) is 24.1 Å². The predicted molar refractivity (Wildman–Crippen MR) is 128 cm³/mol. The zero-order valence-corrected chi connectivity index (χ0v) is 21.9. The number of carbonyl (C=O) groups is 2. The number of halogens is 3. The maximum atomic E-state index is 13.1. The first-order valence-electron chi connectivity index (χ1n) is 12.2. The summed E-state index contributed by atoms with van der Waals surface area (Å²) in [7, 11) is -1.98. The fourth-order valence-corrected chi connectivity index (χ4v) is 6.82. The number of carbonyl (C=O) groups excluding carboxylic acids is 1. The van der Waals surface area contributed by atoms with Crippen LogP contribution in [0, 0.1) is 17.8 Å². The van der Waals surface area contributed by atoms with E-state index in [1.807, 2.05) is 0 Å². The third-order valence-corrected chi connectivity index (χ3v) is 9.55. The van der Waals surface area contributed by atoms with Crippen molar-refractivity contribution in [2.24, 2.45) is 17.8 Å². The molecule has 1 spiro atoms. The molecule has 3 heterocycles. The minimum atomic E-state index is -5.08. The summed E-state index contributed by atoms with van der Waals surface area (Å²) in [5.74, 6) is -1.03. The van der Waals surface area contributed by atoms with Crippen molar-refractivity contribution >= 4 is 21.9 Å². The number of likely N-dealkylation sites (tertiary alicyclic amines) is 1. The van der Waals surface area contributed by atoms with Crippen LogP contribution in [-0.2, 0) is 19.6 Å². The Bertz CT molecular complexity index is 1070. The number of benzene rings is 1. The molecule has 0 radical (unpaired) electrons. The van der Waals surface area contributed by atoms with Gasteiger partial charge in [0.15, 0.2) is 0 Å². The lowest BCUT2D eigenvalue weighted by molar-refractivity contribution is -0.192. The molecule has 0 aromatic heterocycles. The van der Waals surface area contributed by atoms with E-state index in [4.69, 9.17) is 14.6 Å². The number of alkyl halides is 3. The van der Waals surface area contributed by atoms with Crippen molar-refractivity contribution in [2.75, 3.05) is 39.8 Å². The number of ether oxygens (including phenoxy) is 1. The molecular formula is C24H34F3N3O6S. The Hall–Kier alpha value is -2.38. The van der Waals surface area contributed by atoms with Crippen molar-refractivity contribution in [3.63, 3.8) is 0 Å². The van der Waals surface area contributed by atoms with Gasteiger partial charge in [0.2, 0.25) is 15.9 Å². The molecule has 3 fully saturated rings. The Labute approximate surface area is 215 Å². The number of aliphatic carboxylic acids is 1. The lowest BCUT2D eigenvalue weighted by atomic mass is 9.76. The lowest BCUT2D eigenvalue weighted by Gasteiger charge is -2.42. The van der Waals surface area contributed by atoms with Gasteiger partial charge < -0.3 is 20.1 Å². The van der Waals surface area contributed by atoms with Crippen molar-refractivity contribution < 1.29 is 41.0 Å². The van der Waals surface area contributed by atoms with Gasteiger partial charge in [-0.15, -0.1) is 0 Å². The number of carboxylic acids is 1. The molecule has 9 nitrogen and oxygen atoms in total. The number of nitrogens with one attached hydrogen (secondary N) is 1. The fourth-order valence-electron chi connectivity index (χ4n) is 5.38. The first-order chi connectivity index (χ1) is 17.2. The molecule has 1 unspecified atom stereocenters. The molecule has 13 heteroatoms. The normalized spacial score (nSPS) is 24.6. The van der Waals surface area contributed by atoms with Gasteiger partial charge in [0.05, 0.1) is 17.9 Å². The second kappa shape index (κ2) is 11.2. The highest BCUT2D eigenvalue weighted by atomic mass is 32.2. The van der Waals surface area contributed by atoms with Crippen molar-refractivity contribution in [3.05, 3.63) is 24.3 Å². The minimum Gasteiger partial charge on any atom is -0.497 e. The van der Waals surface area contributed by atoms with Gasteiger partial charge in [0.25, 0.3) is 0 Å². The smallest absolute Gasteiger partial charge is 0.490 e. The van der Waals surface area contributed by atoms with Crippen molar-refractivity contribution in [1.29, 1.82) is 0 Å². The molecule has 37 heavy (non-hydrogen) atoms. The van der Waals surface area contributed by atoms with Gasteiger partial charge in [-0.1, -0.05) is 20.3 Å². The molecule has 0 aliphatic carbocycles. The van der Waals surface area contributed by atoms with Crippen LogP contribution in [0.2, 0.25) is 0 Å². The van der Waals surface area contributed by atoms with E-state index >= 15 is 0 Å². The summed E-state index contributed by atoms with van der Waals surface area (Å²) in [6, 6.07) is 6.53. The van der Waals surface area contributed by atoms with Crippen LogP contribution < -0.4 is 10.1 Å². The molecule has 4 rings (SSSR count). The number of amides is 1. The van der Waals surface area contributed by atoms with Crippen LogP contribution >= 0.6 is 0 Å². The van der Waals surface area contributed by atoms with Crippen molar-refractivity contribution in [1.82, 2.24) is 14.5 Å². The number of hydrogen-bond donors (Lipinski definition) is 2.